The fourth-order valence-corrected chi connectivity index (χ4v) is 6.45. The van der Waals surface area contributed by atoms with Gasteiger partial charge in [0.25, 0.3) is 5.91 Å². The van der Waals surface area contributed by atoms with Gasteiger partial charge < -0.3 is 30.9 Å². The van der Waals surface area contributed by atoms with Gasteiger partial charge in [-0.3, -0.25) is 9.59 Å². The zero-order chi connectivity index (χ0) is 26.8. The first kappa shape index (κ1) is 26.6. The number of sulfonamides is 1. The van der Waals surface area contributed by atoms with Crippen molar-refractivity contribution in [1.82, 2.24) is 25.3 Å². The number of oxime groups is 1. The highest BCUT2D eigenvalue weighted by Gasteiger charge is 2.47. The van der Waals surface area contributed by atoms with Crippen molar-refractivity contribution >= 4 is 33.6 Å². The summed E-state index contributed by atoms with van der Waals surface area (Å²) in [6, 6.07) is 1.92. The Morgan fingerprint density at radius 1 is 1.27 bits per heavy atom. The van der Waals surface area contributed by atoms with Gasteiger partial charge in [-0.2, -0.15) is 4.72 Å². The van der Waals surface area contributed by atoms with Gasteiger partial charge in [-0.15, -0.1) is 0 Å². The Hall–Kier alpha value is -3.49. The molecule has 14 heteroatoms. The zero-order valence-corrected chi connectivity index (χ0v) is 21.6. The van der Waals surface area contributed by atoms with Gasteiger partial charge in [0, 0.05) is 50.9 Å². The standard InChI is InChI=1S/C23H31N7O6S/c1-13-6-14(2)19(15(3)7-13)37(34,35)30-18(21(32)33)11-26-20(31)17-9-23(36-29-17)8-16(28-12-23)10-27-22-24-4-5-25-22/h4-7,16,18,28,30H,8-12H2,1-3H3,(H,26,31)(H,32,33)(H2,24,25,27)/t16?,18-,23?/m0/s1. The molecule has 2 aliphatic heterocycles. The lowest BCUT2D eigenvalue weighted by atomic mass is 9.94. The highest BCUT2D eigenvalue weighted by molar-refractivity contribution is 7.89. The van der Waals surface area contributed by atoms with E-state index >= 15 is 0 Å². The van der Waals surface area contributed by atoms with Crippen LogP contribution in [0.3, 0.4) is 0 Å². The van der Waals surface area contributed by atoms with Crippen LogP contribution in [-0.4, -0.2) is 78.4 Å². The van der Waals surface area contributed by atoms with Crippen LogP contribution in [0, 0.1) is 20.8 Å². The topological polar surface area (TPSA) is 187 Å². The van der Waals surface area contributed by atoms with Crippen molar-refractivity contribution in [1.29, 1.82) is 0 Å². The van der Waals surface area contributed by atoms with Crippen molar-refractivity contribution in [3.63, 3.8) is 0 Å². The van der Waals surface area contributed by atoms with Crippen LogP contribution in [0.4, 0.5) is 5.95 Å². The number of rotatable bonds is 10. The van der Waals surface area contributed by atoms with Crippen molar-refractivity contribution in [3.05, 3.63) is 41.2 Å². The Bertz CT molecular complexity index is 1290. The number of imidazole rings is 1. The summed E-state index contributed by atoms with van der Waals surface area (Å²) in [5, 5.41) is 22.5. The zero-order valence-electron chi connectivity index (χ0n) is 20.8. The predicted octanol–water partition coefficient (Wildman–Crippen LogP) is 0.172. The van der Waals surface area contributed by atoms with Crippen LogP contribution in [0.25, 0.3) is 0 Å². The molecule has 13 nitrogen and oxygen atoms in total. The first-order chi connectivity index (χ1) is 17.5. The number of nitrogens with one attached hydrogen (secondary N) is 5. The molecule has 2 unspecified atom stereocenters. The second kappa shape index (κ2) is 10.5. The Morgan fingerprint density at radius 3 is 2.65 bits per heavy atom. The van der Waals surface area contributed by atoms with Gasteiger partial charge in [0.1, 0.15) is 11.8 Å². The Kier molecular flexibility index (Phi) is 7.52. The van der Waals surface area contributed by atoms with Crippen LogP contribution in [0.2, 0.25) is 0 Å². The largest absolute Gasteiger partial charge is 0.480 e. The molecule has 0 aliphatic carbocycles. The van der Waals surface area contributed by atoms with Crippen LogP contribution in [0.1, 0.15) is 29.5 Å². The molecule has 3 heterocycles. The summed E-state index contributed by atoms with van der Waals surface area (Å²) >= 11 is 0. The molecule has 0 saturated carbocycles. The second-order valence-electron chi connectivity index (χ2n) is 9.54. The third kappa shape index (κ3) is 6.09. The highest BCUT2D eigenvalue weighted by atomic mass is 32.2. The van der Waals surface area contributed by atoms with E-state index in [0.29, 0.717) is 36.6 Å². The van der Waals surface area contributed by atoms with E-state index in [1.807, 2.05) is 6.92 Å². The van der Waals surface area contributed by atoms with Crippen LogP contribution >= 0.6 is 0 Å². The number of carboxylic acid groups (broad SMARTS) is 1. The van der Waals surface area contributed by atoms with Crippen molar-refractivity contribution in [2.75, 3.05) is 25.0 Å². The minimum absolute atomic E-state index is 0.0241. The monoisotopic (exact) mass is 533 g/mol. The lowest BCUT2D eigenvalue weighted by Crippen LogP contribution is -2.49. The maximum Gasteiger partial charge on any atom is 0.323 e. The molecule has 2 aromatic rings. The number of aromatic amines is 1. The summed E-state index contributed by atoms with van der Waals surface area (Å²) in [5.41, 5.74) is 1.35. The quantitative estimate of drug-likeness (QED) is 0.247. The molecule has 1 aromatic carbocycles. The SMILES string of the molecule is Cc1cc(C)c(S(=O)(=O)N[C@@H](CNC(=O)C2=NOC3(CNC(CNc4ncc[nH]4)C3)C2)C(=O)O)c(C)c1. The third-order valence-corrected chi connectivity index (χ3v) is 8.16. The van der Waals surface area contributed by atoms with Crippen LogP contribution < -0.4 is 20.7 Å². The fraction of sp³-hybridized carbons (Fsp3) is 0.478. The molecule has 2 aliphatic rings. The van der Waals surface area contributed by atoms with E-state index in [2.05, 4.69) is 35.8 Å². The van der Waals surface area contributed by atoms with E-state index in [0.717, 1.165) is 5.56 Å². The number of hydrogen-bond acceptors (Lipinski definition) is 9. The molecule has 200 valence electrons. The lowest BCUT2D eigenvalue weighted by Gasteiger charge is -2.19. The first-order valence-electron chi connectivity index (χ1n) is 11.8. The van der Waals surface area contributed by atoms with Crippen molar-refractivity contribution in [2.24, 2.45) is 5.16 Å². The number of aliphatic carboxylic acids is 1. The number of carbonyl (C=O) groups is 2. The molecular formula is C23H31N7O6S. The highest BCUT2D eigenvalue weighted by Crippen LogP contribution is 2.32. The minimum atomic E-state index is -4.15. The number of carboxylic acids is 1. The fourth-order valence-electron chi connectivity index (χ4n) is 4.81. The summed E-state index contributed by atoms with van der Waals surface area (Å²) in [7, 11) is -4.15. The van der Waals surface area contributed by atoms with E-state index in [9.17, 15) is 23.1 Å². The van der Waals surface area contributed by atoms with Gasteiger partial charge in [0.15, 0.2) is 11.5 Å². The molecule has 37 heavy (non-hydrogen) atoms. The lowest BCUT2D eigenvalue weighted by molar-refractivity contribution is -0.138. The van der Waals surface area contributed by atoms with Crippen LogP contribution in [0.5, 0.6) is 0 Å². The number of H-pyrrole nitrogens is 1. The number of aryl methyl sites for hydroxylation is 3. The molecular weight excluding hydrogens is 502 g/mol. The summed E-state index contributed by atoms with van der Waals surface area (Å²) in [4.78, 5) is 37.2. The van der Waals surface area contributed by atoms with Crippen molar-refractivity contribution < 1.29 is 28.0 Å². The van der Waals surface area contributed by atoms with Crippen molar-refractivity contribution in [2.45, 2.75) is 56.2 Å². The number of carbonyl (C=O) groups excluding carboxylic acids is 1. The van der Waals surface area contributed by atoms with E-state index < -0.39 is 40.1 Å². The predicted molar refractivity (Wildman–Crippen MR) is 135 cm³/mol. The molecule has 1 amide bonds. The van der Waals surface area contributed by atoms with Gasteiger partial charge >= 0.3 is 5.97 Å². The first-order valence-corrected chi connectivity index (χ1v) is 13.3. The molecule has 0 bridgehead atoms. The average Bonchev–Trinajstić information content (AvgIpc) is 3.56. The third-order valence-electron chi connectivity index (χ3n) is 6.38. The van der Waals surface area contributed by atoms with Crippen LogP contribution in [0.15, 0.2) is 34.6 Å². The van der Waals surface area contributed by atoms with Gasteiger partial charge in [-0.05, 0) is 31.9 Å². The van der Waals surface area contributed by atoms with Crippen molar-refractivity contribution in [3.8, 4) is 0 Å². The number of benzene rings is 1. The normalized spacial score (nSPS) is 21.9. The molecule has 1 spiro atoms. The number of hydrogen-bond donors (Lipinski definition) is 6. The Morgan fingerprint density at radius 2 is 2.00 bits per heavy atom. The number of aromatic nitrogens is 2. The number of nitrogens with zero attached hydrogens (tertiary/aromatic N) is 2. The second-order valence-corrected chi connectivity index (χ2v) is 11.2. The number of amides is 1. The Balaban J connectivity index is 1.32. The maximum absolute atomic E-state index is 13.0. The molecule has 3 atom stereocenters. The van der Waals surface area contributed by atoms with E-state index in [-0.39, 0.29) is 23.1 Å². The Labute approximate surface area is 214 Å². The number of anilines is 1. The summed E-state index contributed by atoms with van der Waals surface area (Å²) in [6.07, 6.45) is 4.21. The average molecular weight is 534 g/mol. The summed E-state index contributed by atoms with van der Waals surface area (Å²) in [5.74, 6) is -1.37. The molecule has 6 N–H and O–H groups in total. The molecule has 4 rings (SSSR count). The smallest absolute Gasteiger partial charge is 0.323 e. The minimum Gasteiger partial charge on any atom is -0.480 e. The van der Waals surface area contributed by atoms with E-state index in [1.165, 1.54) is 0 Å². The maximum atomic E-state index is 13.0. The van der Waals surface area contributed by atoms with Gasteiger partial charge in [0.2, 0.25) is 10.0 Å². The van der Waals surface area contributed by atoms with E-state index in [4.69, 9.17) is 4.84 Å². The van der Waals surface area contributed by atoms with Crippen LogP contribution in [-0.2, 0) is 24.4 Å². The molecule has 1 fully saturated rings. The van der Waals surface area contributed by atoms with Gasteiger partial charge in [-0.1, -0.05) is 22.9 Å². The summed E-state index contributed by atoms with van der Waals surface area (Å²) < 4.78 is 28.2. The molecule has 0 radical (unpaired) electrons. The van der Waals surface area contributed by atoms with E-state index in [1.54, 1.807) is 38.4 Å². The summed E-state index contributed by atoms with van der Waals surface area (Å²) in [6.45, 7) is 5.77. The van der Waals surface area contributed by atoms with Gasteiger partial charge in [-0.25, -0.2) is 13.4 Å². The van der Waals surface area contributed by atoms with Gasteiger partial charge in [0.05, 0.1) is 4.90 Å². The molecule has 1 aromatic heterocycles. The molecule has 1 saturated heterocycles.